The average molecular weight is 285 g/mol. The van der Waals surface area contributed by atoms with Crippen molar-refractivity contribution in [3.63, 3.8) is 0 Å². The van der Waals surface area contributed by atoms with E-state index in [1.165, 1.54) is 23.9 Å². The molecule has 0 saturated heterocycles. The van der Waals surface area contributed by atoms with Crippen LogP contribution in [-0.2, 0) is 0 Å². The number of ether oxygens (including phenoxy) is 1. The Hall–Kier alpha value is -1.33. The minimum absolute atomic E-state index is 0.122. The highest BCUT2D eigenvalue weighted by molar-refractivity contribution is 7.98. The van der Waals surface area contributed by atoms with Gasteiger partial charge in [0.2, 0.25) is 5.88 Å². The number of thioether (sulfide) groups is 1. The molecule has 2 aromatic rings. The second-order valence-corrected chi connectivity index (χ2v) is 4.71. The highest BCUT2D eigenvalue weighted by Gasteiger charge is 2.08. The van der Waals surface area contributed by atoms with Gasteiger partial charge in [0.25, 0.3) is 0 Å². The number of benzene rings is 1. The molecule has 0 N–H and O–H groups in total. The predicted octanol–water partition coefficient (Wildman–Crippen LogP) is 4.09. The summed E-state index contributed by atoms with van der Waals surface area (Å²) in [6.45, 7) is 1.85. The lowest BCUT2D eigenvalue weighted by Crippen LogP contribution is -1.94. The van der Waals surface area contributed by atoms with E-state index in [0.29, 0.717) is 5.16 Å². The smallest absolute Gasteiger partial charge is 0.224 e. The first kappa shape index (κ1) is 13.1. The van der Waals surface area contributed by atoms with Gasteiger partial charge in [-0.15, -0.1) is 0 Å². The Balaban J connectivity index is 2.33. The largest absolute Gasteiger partial charge is 0.436 e. The van der Waals surface area contributed by atoms with Crippen molar-refractivity contribution in [1.29, 1.82) is 0 Å². The van der Waals surface area contributed by atoms with E-state index in [-0.39, 0.29) is 16.8 Å². The van der Waals surface area contributed by atoms with E-state index in [1.54, 1.807) is 12.1 Å². The number of hydrogen-bond acceptors (Lipinski definition) is 4. The third kappa shape index (κ3) is 3.11. The molecule has 18 heavy (non-hydrogen) atoms. The van der Waals surface area contributed by atoms with Crippen molar-refractivity contribution in [2.75, 3.05) is 6.26 Å². The van der Waals surface area contributed by atoms with Crippen LogP contribution in [0.25, 0.3) is 0 Å². The SMILES string of the molecule is CSc1nc(Cl)cc(Oc2cc(C)ccc2F)n1. The molecule has 0 aliphatic rings. The molecule has 0 saturated carbocycles. The van der Waals surface area contributed by atoms with Crippen LogP contribution in [0.3, 0.4) is 0 Å². The number of hydrogen-bond donors (Lipinski definition) is 0. The second kappa shape index (κ2) is 5.54. The molecule has 1 aromatic heterocycles. The molecule has 0 fully saturated rings. The van der Waals surface area contributed by atoms with Gasteiger partial charge < -0.3 is 4.74 Å². The second-order valence-electron chi connectivity index (χ2n) is 3.55. The fourth-order valence-corrected chi connectivity index (χ4v) is 1.92. The Morgan fingerprint density at radius 3 is 2.78 bits per heavy atom. The molecular formula is C12H10ClFN2OS. The quantitative estimate of drug-likeness (QED) is 0.483. The van der Waals surface area contributed by atoms with Crippen molar-refractivity contribution in [1.82, 2.24) is 9.97 Å². The number of aryl methyl sites for hydroxylation is 1. The molecule has 0 bridgehead atoms. The molecule has 1 aromatic carbocycles. The van der Waals surface area contributed by atoms with Crippen molar-refractivity contribution in [3.8, 4) is 11.6 Å². The molecule has 94 valence electrons. The van der Waals surface area contributed by atoms with Crippen molar-refractivity contribution >= 4 is 23.4 Å². The maximum absolute atomic E-state index is 13.5. The van der Waals surface area contributed by atoms with Gasteiger partial charge in [0, 0.05) is 6.07 Å². The Labute approximate surface area is 113 Å². The van der Waals surface area contributed by atoms with E-state index >= 15 is 0 Å². The number of aromatic nitrogens is 2. The minimum atomic E-state index is -0.443. The first-order valence-electron chi connectivity index (χ1n) is 5.11. The standard InChI is InChI=1S/C12H10ClFN2OS/c1-7-3-4-8(14)9(5-7)17-11-6-10(13)15-12(16-11)18-2/h3-6H,1-2H3. The van der Waals surface area contributed by atoms with E-state index in [1.807, 2.05) is 13.2 Å². The molecule has 3 nitrogen and oxygen atoms in total. The van der Waals surface area contributed by atoms with Crippen LogP contribution in [-0.4, -0.2) is 16.2 Å². The van der Waals surface area contributed by atoms with Gasteiger partial charge in [-0.2, -0.15) is 4.98 Å². The van der Waals surface area contributed by atoms with Gasteiger partial charge in [-0.25, -0.2) is 9.37 Å². The zero-order valence-electron chi connectivity index (χ0n) is 9.78. The summed E-state index contributed by atoms with van der Waals surface area (Å²) in [5.41, 5.74) is 0.900. The van der Waals surface area contributed by atoms with Crippen LogP contribution in [0.5, 0.6) is 11.6 Å². The number of halogens is 2. The first-order chi connectivity index (χ1) is 8.58. The summed E-state index contributed by atoms with van der Waals surface area (Å²) in [4.78, 5) is 8.07. The lowest BCUT2D eigenvalue weighted by atomic mass is 10.2. The third-order valence-corrected chi connectivity index (χ3v) is 2.88. The van der Waals surface area contributed by atoms with Gasteiger partial charge in [0.05, 0.1) is 0 Å². The summed E-state index contributed by atoms with van der Waals surface area (Å²) in [6, 6.07) is 6.07. The van der Waals surface area contributed by atoms with Gasteiger partial charge in [0.1, 0.15) is 5.15 Å². The fraction of sp³-hybridized carbons (Fsp3) is 0.167. The molecule has 0 radical (unpaired) electrons. The summed E-state index contributed by atoms with van der Waals surface area (Å²) >= 11 is 7.16. The molecular weight excluding hydrogens is 275 g/mol. The predicted molar refractivity (Wildman–Crippen MR) is 70.0 cm³/mol. The molecule has 2 rings (SSSR count). The van der Waals surface area contributed by atoms with Gasteiger partial charge in [-0.3, -0.25) is 0 Å². The normalized spacial score (nSPS) is 10.4. The Morgan fingerprint density at radius 1 is 1.28 bits per heavy atom. The fourth-order valence-electron chi connectivity index (χ4n) is 1.32. The lowest BCUT2D eigenvalue weighted by Gasteiger charge is -2.07. The summed E-state index contributed by atoms with van der Waals surface area (Å²) in [5, 5.41) is 0.739. The van der Waals surface area contributed by atoms with E-state index < -0.39 is 5.82 Å². The third-order valence-electron chi connectivity index (χ3n) is 2.13. The van der Waals surface area contributed by atoms with Crippen molar-refractivity contribution in [2.24, 2.45) is 0 Å². The number of nitrogens with zero attached hydrogens (tertiary/aromatic N) is 2. The summed E-state index contributed by atoms with van der Waals surface area (Å²) in [5.74, 6) is -0.0956. The molecule has 0 spiro atoms. The zero-order chi connectivity index (χ0) is 13.1. The van der Waals surface area contributed by atoms with Gasteiger partial charge in [-0.1, -0.05) is 29.4 Å². The monoisotopic (exact) mass is 284 g/mol. The maximum atomic E-state index is 13.5. The van der Waals surface area contributed by atoms with Gasteiger partial charge >= 0.3 is 0 Å². The van der Waals surface area contributed by atoms with Crippen LogP contribution in [0, 0.1) is 12.7 Å². The summed E-state index contributed by atoms with van der Waals surface area (Å²) < 4.78 is 18.9. The van der Waals surface area contributed by atoms with Crippen molar-refractivity contribution in [2.45, 2.75) is 12.1 Å². The summed E-state index contributed by atoms with van der Waals surface area (Å²) in [6.07, 6.45) is 1.82. The Bertz CT molecular complexity index is 580. The first-order valence-corrected chi connectivity index (χ1v) is 6.71. The number of rotatable bonds is 3. The Kier molecular flexibility index (Phi) is 4.04. The van der Waals surface area contributed by atoms with Gasteiger partial charge in [0.15, 0.2) is 16.7 Å². The topological polar surface area (TPSA) is 35.0 Å². The molecule has 0 aliphatic carbocycles. The zero-order valence-corrected chi connectivity index (χ0v) is 11.3. The molecule has 1 heterocycles. The molecule has 6 heteroatoms. The van der Waals surface area contributed by atoms with E-state index in [0.717, 1.165) is 5.56 Å². The average Bonchev–Trinajstić information content (AvgIpc) is 2.33. The van der Waals surface area contributed by atoms with E-state index in [4.69, 9.17) is 16.3 Å². The van der Waals surface area contributed by atoms with Crippen molar-refractivity contribution < 1.29 is 9.13 Å². The maximum Gasteiger partial charge on any atom is 0.224 e. The summed E-state index contributed by atoms with van der Waals surface area (Å²) in [7, 11) is 0. The minimum Gasteiger partial charge on any atom is -0.436 e. The Morgan fingerprint density at radius 2 is 2.06 bits per heavy atom. The molecule has 0 unspecified atom stereocenters. The molecule has 0 aliphatic heterocycles. The van der Waals surface area contributed by atoms with E-state index in [2.05, 4.69) is 9.97 Å². The molecule has 0 atom stereocenters. The van der Waals surface area contributed by atoms with Crippen molar-refractivity contribution in [3.05, 3.63) is 40.8 Å². The van der Waals surface area contributed by atoms with Gasteiger partial charge in [-0.05, 0) is 30.9 Å². The molecule has 0 amide bonds. The van der Waals surface area contributed by atoms with Crippen LogP contribution >= 0.6 is 23.4 Å². The van der Waals surface area contributed by atoms with Crippen LogP contribution in [0.4, 0.5) is 4.39 Å². The van der Waals surface area contributed by atoms with Crippen LogP contribution in [0.15, 0.2) is 29.4 Å². The van der Waals surface area contributed by atoms with Crippen LogP contribution in [0.1, 0.15) is 5.56 Å². The highest BCUT2D eigenvalue weighted by atomic mass is 35.5. The lowest BCUT2D eigenvalue weighted by molar-refractivity contribution is 0.422. The van der Waals surface area contributed by atoms with Crippen LogP contribution in [0.2, 0.25) is 5.15 Å². The van der Waals surface area contributed by atoms with Crippen LogP contribution < -0.4 is 4.74 Å². The van der Waals surface area contributed by atoms with E-state index in [9.17, 15) is 4.39 Å². The highest BCUT2D eigenvalue weighted by Crippen LogP contribution is 2.26.